The van der Waals surface area contributed by atoms with Crippen molar-refractivity contribution in [2.45, 2.75) is 19.9 Å². The summed E-state index contributed by atoms with van der Waals surface area (Å²) in [5.74, 6) is -1.80. The molecule has 0 aliphatic heterocycles. The Morgan fingerprint density at radius 3 is 2.65 bits per heavy atom. The van der Waals surface area contributed by atoms with Crippen LogP contribution < -0.4 is 10.6 Å². The Bertz CT molecular complexity index is 780. The number of ether oxygens (including phenoxy) is 1. The molecule has 0 aliphatic carbocycles. The summed E-state index contributed by atoms with van der Waals surface area (Å²) in [5.41, 5.74) is 0.321. The van der Waals surface area contributed by atoms with Gasteiger partial charge in [-0.2, -0.15) is 0 Å². The number of rotatable bonds is 7. The Balaban J connectivity index is 1.90. The van der Waals surface area contributed by atoms with Gasteiger partial charge in [-0.1, -0.05) is 31.5 Å². The van der Waals surface area contributed by atoms with Gasteiger partial charge in [0.15, 0.2) is 11.8 Å². The average molecular weight is 396 g/mol. The number of carbonyl (C=O) groups is 3. The summed E-state index contributed by atoms with van der Waals surface area (Å²) >= 11 is 7.12. The second kappa shape index (κ2) is 9.30. The monoisotopic (exact) mass is 395 g/mol. The smallest absolute Gasteiger partial charge is 0.329 e. The van der Waals surface area contributed by atoms with Gasteiger partial charge in [0.1, 0.15) is 6.04 Å². The molecule has 2 N–H and O–H groups in total. The molecule has 0 aliphatic rings. The maximum atomic E-state index is 12.3. The van der Waals surface area contributed by atoms with Crippen LogP contribution in [0.3, 0.4) is 0 Å². The molecule has 2 heterocycles. The quantitative estimate of drug-likeness (QED) is 0.555. The molecule has 0 saturated heterocycles. The van der Waals surface area contributed by atoms with Crippen molar-refractivity contribution in [1.82, 2.24) is 10.3 Å². The highest BCUT2D eigenvalue weighted by atomic mass is 35.5. The number of esters is 1. The van der Waals surface area contributed by atoms with E-state index in [-0.39, 0.29) is 17.0 Å². The third kappa shape index (κ3) is 5.53. The van der Waals surface area contributed by atoms with Crippen LogP contribution in [0.1, 0.15) is 23.5 Å². The summed E-state index contributed by atoms with van der Waals surface area (Å²) in [6.45, 7) is 3.05. The Kier molecular flexibility index (Phi) is 7.11. The van der Waals surface area contributed by atoms with E-state index in [1.54, 1.807) is 43.5 Å². The first-order valence-electron chi connectivity index (χ1n) is 7.80. The molecule has 2 rings (SSSR count). The van der Waals surface area contributed by atoms with Gasteiger partial charge in [0.2, 0.25) is 0 Å². The molecule has 7 nitrogen and oxygen atoms in total. The van der Waals surface area contributed by atoms with E-state index in [9.17, 15) is 14.4 Å². The lowest BCUT2D eigenvalue weighted by molar-refractivity contribution is -0.150. The fourth-order valence-corrected chi connectivity index (χ4v) is 2.80. The van der Waals surface area contributed by atoms with Crippen LogP contribution in [0, 0.1) is 5.92 Å². The highest BCUT2D eigenvalue weighted by Gasteiger charge is 2.27. The standard InChI is InChI=1S/C17H18ClN3O4S/c1-10(2)14(21-16(23)12-6-4-8-26-12)17(24)25-9-13(22)20-11-5-3-7-19-15(11)18/h3-8,10,14H,9H2,1-2H3,(H,20,22)(H,21,23)/t14-/m1/s1. The van der Waals surface area contributed by atoms with Crippen LogP contribution >= 0.6 is 22.9 Å². The van der Waals surface area contributed by atoms with Crippen molar-refractivity contribution in [2.75, 3.05) is 11.9 Å². The number of hydrogen-bond donors (Lipinski definition) is 2. The van der Waals surface area contributed by atoms with Crippen molar-refractivity contribution in [3.8, 4) is 0 Å². The van der Waals surface area contributed by atoms with Gasteiger partial charge in [0, 0.05) is 6.20 Å². The number of halogens is 1. The lowest BCUT2D eigenvalue weighted by Crippen LogP contribution is -2.45. The highest BCUT2D eigenvalue weighted by Crippen LogP contribution is 2.17. The van der Waals surface area contributed by atoms with E-state index in [0.29, 0.717) is 10.6 Å². The number of carbonyl (C=O) groups excluding carboxylic acids is 3. The second-order valence-electron chi connectivity index (χ2n) is 5.67. The molecule has 0 radical (unpaired) electrons. The normalized spacial score (nSPS) is 11.7. The van der Waals surface area contributed by atoms with Gasteiger partial charge in [-0.25, -0.2) is 9.78 Å². The number of nitrogens with zero attached hydrogens (tertiary/aromatic N) is 1. The minimum absolute atomic E-state index is 0.135. The summed E-state index contributed by atoms with van der Waals surface area (Å²) in [6, 6.07) is 5.74. The number of nitrogens with one attached hydrogen (secondary N) is 2. The predicted molar refractivity (Wildman–Crippen MR) is 99.2 cm³/mol. The van der Waals surface area contributed by atoms with Crippen molar-refractivity contribution in [3.05, 3.63) is 45.9 Å². The fraction of sp³-hybridized carbons (Fsp3) is 0.294. The molecule has 0 unspecified atom stereocenters. The number of aromatic nitrogens is 1. The average Bonchev–Trinajstić information content (AvgIpc) is 3.14. The predicted octanol–water partition coefficient (Wildman–Crippen LogP) is 2.73. The lowest BCUT2D eigenvalue weighted by atomic mass is 10.0. The Labute approximate surface area is 159 Å². The molecule has 0 fully saturated rings. The molecule has 0 aromatic carbocycles. The van der Waals surface area contributed by atoms with Crippen LogP contribution in [0.25, 0.3) is 0 Å². The molecule has 0 bridgehead atoms. The van der Waals surface area contributed by atoms with E-state index < -0.39 is 24.5 Å². The van der Waals surface area contributed by atoms with Crippen LogP contribution in [0.5, 0.6) is 0 Å². The summed E-state index contributed by atoms with van der Waals surface area (Å²) in [5, 5.41) is 7.04. The van der Waals surface area contributed by atoms with Gasteiger partial charge in [-0.3, -0.25) is 9.59 Å². The van der Waals surface area contributed by atoms with Crippen LogP contribution in [0.4, 0.5) is 5.69 Å². The second-order valence-corrected chi connectivity index (χ2v) is 6.98. The maximum Gasteiger partial charge on any atom is 0.329 e. The van der Waals surface area contributed by atoms with Gasteiger partial charge >= 0.3 is 5.97 Å². The van der Waals surface area contributed by atoms with Crippen molar-refractivity contribution >= 4 is 46.4 Å². The molecule has 9 heteroatoms. The first-order chi connectivity index (χ1) is 12.4. The number of amides is 2. The van der Waals surface area contributed by atoms with Gasteiger partial charge < -0.3 is 15.4 Å². The minimum atomic E-state index is -0.862. The van der Waals surface area contributed by atoms with E-state index in [1.807, 2.05) is 0 Å². The highest BCUT2D eigenvalue weighted by molar-refractivity contribution is 7.12. The van der Waals surface area contributed by atoms with Crippen molar-refractivity contribution in [1.29, 1.82) is 0 Å². The SMILES string of the molecule is CC(C)[C@@H](NC(=O)c1cccs1)C(=O)OCC(=O)Nc1cccnc1Cl. The van der Waals surface area contributed by atoms with Crippen LogP contribution in [0.15, 0.2) is 35.8 Å². The molecule has 1 atom stereocenters. The third-order valence-corrected chi connectivity index (χ3v) is 4.50. The first-order valence-corrected chi connectivity index (χ1v) is 9.05. The topological polar surface area (TPSA) is 97.4 Å². The zero-order chi connectivity index (χ0) is 19.1. The van der Waals surface area contributed by atoms with Crippen LogP contribution in [-0.2, 0) is 14.3 Å². The molecule has 138 valence electrons. The van der Waals surface area contributed by atoms with Gasteiger partial charge in [0.25, 0.3) is 11.8 Å². The van der Waals surface area contributed by atoms with Crippen LogP contribution in [0.2, 0.25) is 5.15 Å². The molecule has 2 aromatic heterocycles. The van der Waals surface area contributed by atoms with Crippen molar-refractivity contribution in [2.24, 2.45) is 5.92 Å². The fourth-order valence-electron chi connectivity index (χ4n) is 2.01. The molecule has 26 heavy (non-hydrogen) atoms. The molecular weight excluding hydrogens is 378 g/mol. The van der Waals surface area contributed by atoms with E-state index in [0.717, 1.165) is 0 Å². The van der Waals surface area contributed by atoms with E-state index in [1.165, 1.54) is 17.5 Å². The molecular formula is C17H18ClN3O4S. The number of hydrogen-bond acceptors (Lipinski definition) is 6. The number of pyridine rings is 1. The Morgan fingerprint density at radius 2 is 2.04 bits per heavy atom. The minimum Gasteiger partial charge on any atom is -0.454 e. The largest absolute Gasteiger partial charge is 0.454 e. The van der Waals surface area contributed by atoms with E-state index in [2.05, 4.69) is 15.6 Å². The summed E-state index contributed by atoms with van der Waals surface area (Å²) in [6.07, 6.45) is 1.49. The lowest BCUT2D eigenvalue weighted by Gasteiger charge is -2.20. The van der Waals surface area contributed by atoms with Crippen molar-refractivity contribution < 1.29 is 19.1 Å². The van der Waals surface area contributed by atoms with Crippen molar-refractivity contribution in [3.63, 3.8) is 0 Å². The third-order valence-electron chi connectivity index (χ3n) is 3.33. The maximum absolute atomic E-state index is 12.3. The van der Waals surface area contributed by atoms with E-state index in [4.69, 9.17) is 16.3 Å². The molecule has 2 aromatic rings. The molecule has 0 spiro atoms. The van der Waals surface area contributed by atoms with Gasteiger partial charge in [-0.05, 0) is 29.5 Å². The zero-order valence-electron chi connectivity index (χ0n) is 14.2. The molecule has 2 amide bonds. The van der Waals surface area contributed by atoms with Gasteiger partial charge in [0.05, 0.1) is 10.6 Å². The zero-order valence-corrected chi connectivity index (χ0v) is 15.8. The summed E-state index contributed by atoms with van der Waals surface area (Å²) in [7, 11) is 0. The van der Waals surface area contributed by atoms with Gasteiger partial charge in [-0.15, -0.1) is 11.3 Å². The number of anilines is 1. The molecule has 0 saturated carbocycles. The Hall–Kier alpha value is -2.45. The van der Waals surface area contributed by atoms with E-state index >= 15 is 0 Å². The Morgan fingerprint density at radius 1 is 1.27 bits per heavy atom. The summed E-state index contributed by atoms with van der Waals surface area (Å²) < 4.78 is 5.03. The number of thiophene rings is 1. The first kappa shape index (κ1) is 19.9. The summed E-state index contributed by atoms with van der Waals surface area (Å²) in [4.78, 5) is 40.6. The van der Waals surface area contributed by atoms with Crippen LogP contribution in [-0.4, -0.2) is 35.4 Å².